The molecule has 3 rings (SSSR count). The van der Waals surface area contributed by atoms with Crippen molar-refractivity contribution in [2.45, 2.75) is 44.9 Å². The quantitative estimate of drug-likeness (QED) is 0.452. The highest BCUT2D eigenvalue weighted by Crippen LogP contribution is 2.26. The Hall–Kier alpha value is -3.42. The smallest absolute Gasteiger partial charge is 0.282 e. The van der Waals surface area contributed by atoms with Crippen LogP contribution in [0, 0.1) is 0 Å². The lowest BCUT2D eigenvalue weighted by Gasteiger charge is -2.11. The predicted molar refractivity (Wildman–Crippen MR) is 112 cm³/mol. The first-order valence-electron chi connectivity index (χ1n) is 9.85. The van der Waals surface area contributed by atoms with Gasteiger partial charge in [0.15, 0.2) is 5.69 Å². The number of nitrogens with one attached hydrogen (secondary N) is 2. The van der Waals surface area contributed by atoms with Gasteiger partial charge in [-0.15, -0.1) is 15.3 Å². The average Bonchev–Trinajstić information content (AvgIpc) is 3.45. The van der Waals surface area contributed by atoms with E-state index in [1.165, 1.54) is 36.3 Å². The molecule has 3 heterocycles. The van der Waals surface area contributed by atoms with Crippen molar-refractivity contribution < 1.29 is 22.8 Å². The molecule has 1 atom stereocenters. The summed E-state index contributed by atoms with van der Waals surface area (Å²) in [5.74, 6) is -3.96. The predicted octanol–water partition coefficient (Wildman–Crippen LogP) is 1.90. The lowest BCUT2D eigenvalue weighted by Crippen LogP contribution is -2.24. The van der Waals surface area contributed by atoms with Gasteiger partial charge in [0.25, 0.3) is 17.7 Å². The first-order chi connectivity index (χ1) is 15.7. The van der Waals surface area contributed by atoms with Crippen LogP contribution in [-0.4, -0.2) is 55.2 Å². The summed E-state index contributed by atoms with van der Waals surface area (Å²) in [6.45, 7) is 0.564. The number of hydrogen-bond acceptors (Lipinski definition) is 8. The van der Waals surface area contributed by atoms with Gasteiger partial charge < -0.3 is 10.6 Å². The van der Waals surface area contributed by atoms with Crippen molar-refractivity contribution in [2.24, 2.45) is 0 Å². The van der Waals surface area contributed by atoms with Crippen LogP contribution in [0.1, 0.15) is 49.9 Å². The van der Waals surface area contributed by atoms with Crippen LogP contribution in [0.2, 0.25) is 0 Å². The molecule has 3 aromatic rings. The number of alkyl halides is 3. The number of amides is 2. The zero-order valence-electron chi connectivity index (χ0n) is 17.8. The number of hydrogen-bond donors (Lipinski definition) is 2. The van der Waals surface area contributed by atoms with Gasteiger partial charge in [-0.25, -0.2) is 17.9 Å². The second kappa shape index (κ2) is 10.5. The highest BCUT2D eigenvalue weighted by molar-refractivity contribution is 7.13. The van der Waals surface area contributed by atoms with E-state index >= 15 is 0 Å². The highest BCUT2D eigenvalue weighted by atomic mass is 32.1. The molecule has 3 aromatic heterocycles. The van der Waals surface area contributed by atoms with E-state index in [0.717, 1.165) is 18.3 Å². The number of halogens is 3. The van der Waals surface area contributed by atoms with Crippen molar-refractivity contribution in [3.63, 3.8) is 0 Å². The normalized spacial score (nSPS) is 12.4. The van der Waals surface area contributed by atoms with Gasteiger partial charge in [-0.1, -0.05) is 16.6 Å². The first kappa shape index (κ1) is 24.2. The Balaban J connectivity index is 1.48. The van der Waals surface area contributed by atoms with Crippen molar-refractivity contribution in [2.75, 3.05) is 7.05 Å². The molecule has 2 amide bonds. The van der Waals surface area contributed by atoms with E-state index in [0.29, 0.717) is 11.4 Å². The molecule has 33 heavy (non-hydrogen) atoms. The van der Waals surface area contributed by atoms with E-state index in [1.807, 2.05) is 0 Å². The number of rotatable bonds is 10. The Bertz CT molecular complexity index is 1110. The maximum atomic E-state index is 14.3. The summed E-state index contributed by atoms with van der Waals surface area (Å²) < 4.78 is 42.4. The molecule has 0 fully saturated rings. The second-order valence-corrected chi connectivity index (χ2v) is 8.21. The van der Waals surface area contributed by atoms with Gasteiger partial charge >= 0.3 is 0 Å². The maximum absolute atomic E-state index is 14.3. The molecule has 14 heteroatoms. The molecule has 0 saturated heterocycles. The monoisotopic (exact) mass is 482 g/mol. The van der Waals surface area contributed by atoms with E-state index in [-0.39, 0.29) is 47.4 Å². The molecular weight excluding hydrogens is 461 g/mol. The average molecular weight is 482 g/mol. The molecule has 0 bridgehead atoms. The minimum Gasteiger partial charge on any atom is -0.353 e. The van der Waals surface area contributed by atoms with Gasteiger partial charge in [0.1, 0.15) is 11.2 Å². The van der Waals surface area contributed by atoms with Gasteiger partial charge in [0.2, 0.25) is 5.01 Å². The van der Waals surface area contributed by atoms with E-state index in [1.54, 1.807) is 0 Å². The first-order valence-corrected chi connectivity index (χ1v) is 10.7. The molecule has 0 spiro atoms. The van der Waals surface area contributed by atoms with Crippen LogP contribution in [0.3, 0.4) is 0 Å². The van der Waals surface area contributed by atoms with Gasteiger partial charge in [0, 0.05) is 32.2 Å². The fraction of sp³-hybridized carbons (Fsp3) is 0.421. The summed E-state index contributed by atoms with van der Waals surface area (Å²) in [4.78, 5) is 27.7. The lowest BCUT2D eigenvalue weighted by molar-refractivity contribution is 0.0173. The third-order valence-corrected chi connectivity index (χ3v) is 5.45. The molecule has 0 aliphatic rings. The molecule has 176 valence electrons. The number of pyridine rings is 1. The van der Waals surface area contributed by atoms with Crippen molar-refractivity contribution in [1.29, 1.82) is 0 Å². The Kier molecular flexibility index (Phi) is 7.68. The van der Waals surface area contributed by atoms with Crippen LogP contribution in [0.15, 0.2) is 24.5 Å². The molecule has 10 nitrogen and oxygen atoms in total. The van der Waals surface area contributed by atoms with Crippen LogP contribution >= 0.6 is 11.3 Å². The van der Waals surface area contributed by atoms with E-state index in [9.17, 15) is 22.8 Å². The standard InChI is InChI=1S/C19H21F3N8O2S/c1-19(21,22)11-5-6-24-13(7-11)8-25-16(31)14-10-30(29-26-14)9-12(20)3-4-15-27-28-18(33-15)17(32)23-2/h5-7,10,12H,3-4,8-9H2,1-2H3,(H,23,32)(H,25,31). The Labute approximate surface area is 190 Å². The fourth-order valence-electron chi connectivity index (χ4n) is 2.73. The summed E-state index contributed by atoms with van der Waals surface area (Å²) in [6, 6.07) is 2.41. The van der Waals surface area contributed by atoms with Crippen molar-refractivity contribution in [3.8, 4) is 0 Å². The molecule has 0 radical (unpaired) electrons. The number of nitrogens with zero attached hydrogens (tertiary/aromatic N) is 6. The summed E-state index contributed by atoms with van der Waals surface area (Å²) >= 11 is 1.09. The van der Waals surface area contributed by atoms with Crippen molar-refractivity contribution >= 4 is 23.2 Å². The molecule has 0 aliphatic heterocycles. The lowest BCUT2D eigenvalue weighted by atomic mass is 10.1. The van der Waals surface area contributed by atoms with Crippen LogP contribution < -0.4 is 10.6 Å². The maximum Gasteiger partial charge on any atom is 0.282 e. The van der Waals surface area contributed by atoms with Crippen LogP contribution in [-0.2, 0) is 25.4 Å². The van der Waals surface area contributed by atoms with Crippen molar-refractivity contribution in [1.82, 2.24) is 40.8 Å². The van der Waals surface area contributed by atoms with Crippen LogP contribution in [0.5, 0.6) is 0 Å². The summed E-state index contributed by atoms with van der Waals surface area (Å²) in [5, 5.41) is 20.8. The largest absolute Gasteiger partial charge is 0.353 e. The minimum atomic E-state index is -3.02. The van der Waals surface area contributed by atoms with Crippen molar-refractivity contribution in [3.05, 3.63) is 51.5 Å². The molecule has 2 N–H and O–H groups in total. The number of aromatic nitrogens is 6. The number of carbonyl (C=O) groups is 2. The van der Waals surface area contributed by atoms with Crippen LogP contribution in [0.25, 0.3) is 0 Å². The molecular formula is C19H21F3N8O2S. The van der Waals surface area contributed by atoms with E-state index in [2.05, 4.69) is 36.1 Å². The molecule has 0 aromatic carbocycles. The Morgan fingerprint density at radius 3 is 2.76 bits per heavy atom. The van der Waals surface area contributed by atoms with E-state index < -0.39 is 18.0 Å². The zero-order chi connectivity index (χ0) is 24.0. The van der Waals surface area contributed by atoms with E-state index in [4.69, 9.17) is 0 Å². The number of carbonyl (C=O) groups excluding carboxylic acids is 2. The van der Waals surface area contributed by atoms with Gasteiger partial charge in [-0.2, -0.15) is 0 Å². The Morgan fingerprint density at radius 2 is 2.03 bits per heavy atom. The summed E-state index contributed by atoms with van der Waals surface area (Å²) in [5.41, 5.74) is 0.00780. The molecule has 1 unspecified atom stereocenters. The number of aryl methyl sites for hydroxylation is 1. The third-order valence-electron chi connectivity index (χ3n) is 4.47. The summed E-state index contributed by atoms with van der Waals surface area (Å²) in [6.07, 6.45) is 1.65. The highest BCUT2D eigenvalue weighted by Gasteiger charge is 2.24. The SMILES string of the molecule is CNC(=O)c1nnc(CCC(F)Cn2cc(C(=O)NCc3cc(C(C)(F)F)ccn3)nn2)s1. The van der Waals surface area contributed by atoms with Gasteiger partial charge in [-0.3, -0.25) is 14.6 Å². The minimum absolute atomic E-state index is 0.0430. The summed E-state index contributed by atoms with van der Waals surface area (Å²) in [7, 11) is 1.48. The fourth-order valence-corrected chi connectivity index (χ4v) is 3.53. The molecule has 0 saturated carbocycles. The Morgan fingerprint density at radius 1 is 1.24 bits per heavy atom. The third kappa shape index (κ3) is 6.78. The van der Waals surface area contributed by atoms with Gasteiger partial charge in [-0.05, 0) is 18.6 Å². The zero-order valence-corrected chi connectivity index (χ0v) is 18.6. The second-order valence-electron chi connectivity index (χ2n) is 7.15. The topological polar surface area (TPSA) is 128 Å². The molecule has 0 aliphatic carbocycles. The van der Waals surface area contributed by atoms with Gasteiger partial charge in [0.05, 0.1) is 25.0 Å². The van der Waals surface area contributed by atoms with Crippen LogP contribution in [0.4, 0.5) is 13.2 Å².